The van der Waals surface area contributed by atoms with E-state index in [0.29, 0.717) is 13.2 Å². The molecule has 1 aromatic rings. The lowest BCUT2D eigenvalue weighted by molar-refractivity contribution is -0.145. The molecule has 1 aromatic carbocycles. The van der Waals surface area contributed by atoms with Crippen LogP contribution >= 0.6 is 0 Å². The Morgan fingerprint density at radius 1 is 1.42 bits per heavy atom. The molecule has 0 aliphatic carbocycles. The molecule has 1 unspecified atom stereocenters. The average molecular weight is 265 g/mol. The predicted octanol–water partition coefficient (Wildman–Crippen LogP) is 2.05. The first-order valence-corrected chi connectivity index (χ1v) is 6.56. The van der Waals surface area contributed by atoms with Crippen LogP contribution in [0.1, 0.15) is 24.5 Å². The van der Waals surface area contributed by atoms with E-state index in [9.17, 15) is 9.90 Å². The van der Waals surface area contributed by atoms with E-state index in [0.717, 1.165) is 11.3 Å². The van der Waals surface area contributed by atoms with Gasteiger partial charge >= 0.3 is 5.97 Å². The standard InChI is InChI=1S/C15H23NO3/c1-5-19-15(18)9-13(17)10-16(4)14-7-6-11(2)8-12(14)3/h6-8,13,17H,5,9-10H2,1-4H3. The molecule has 4 nitrogen and oxygen atoms in total. The van der Waals surface area contributed by atoms with Crippen molar-refractivity contribution < 1.29 is 14.6 Å². The molecule has 1 rings (SSSR count). The lowest BCUT2D eigenvalue weighted by atomic mass is 10.1. The number of benzene rings is 1. The Hall–Kier alpha value is -1.55. The van der Waals surface area contributed by atoms with Gasteiger partial charge in [-0.2, -0.15) is 0 Å². The molecular formula is C15H23NO3. The van der Waals surface area contributed by atoms with Crippen molar-refractivity contribution in [1.82, 2.24) is 0 Å². The second-order valence-corrected chi connectivity index (χ2v) is 4.83. The molecule has 0 fully saturated rings. The molecule has 0 aliphatic rings. The van der Waals surface area contributed by atoms with Crippen LogP contribution < -0.4 is 4.90 Å². The Morgan fingerprint density at radius 2 is 2.11 bits per heavy atom. The summed E-state index contributed by atoms with van der Waals surface area (Å²) in [6.45, 7) is 6.59. The fraction of sp³-hybridized carbons (Fsp3) is 0.533. The van der Waals surface area contributed by atoms with Crippen molar-refractivity contribution in [3.8, 4) is 0 Å². The topological polar surface area (TPSA) is 49.8 Å². The van der Waals surface area contributed by atoms with Gasteiger partial charge in [-0.3, -0.25) is 4.79 Å². The van der Waals surface area contributed by atoms with E-state index in [1.807, 2.05) is 37.9 Å². The number of rotatable bonds is 6. The van der Waals surface area contributed by atoms with E-state index >= 15 is 0 Å². The Labute approximate surface area is 115 Å². The molecule has 0 aromatic heterocycles. The Kier molecular flexibility index (Phi) is 5.83. The number of nitrogens with zero attached hydrogens (tertiary/aromatic N) is 1. The largest absolute Gasteiger partial charge is 0.466 e. The van der Waals surface area contributed by atoms with Gasteiger partial charge in [-0.15, -0.1) is 0 Å². The highest BCUT2D eigenvalue weighted by Gasteiger charge is 2.15. The summed E-state index contributed by atoms with van der Waals surface area (Å²) in [4.78, 5) is 13.2. The molecule has 4 heteroatoms. The number of ether oxygens (including phenoxy) is 1. The molecular weight excluding hydrogens is 242 g/mol. The zero-order chi connectivity index (χ0) is 14.4. The third-order valence-corrected chi connectivity index (χ3v) is 2.96. The summed E-state index contributed by atoms with van der Waals surface area (Å²) in [5, 5.41) is 9.88. The van der Waals surface area contributed by atoms with Crippen LogP contribution in [0.15, 0.2) is 18.2 Å². The molecule has 1 atom stereocenters. The van der Waals surface area contributed by atoms with Crippen molar-refractivity contribution >= 4 is 11.7 Å². The van der Waals surface area contributed by atoms with Crippen molar-refractivity contribution in [2.75, 3.05) is 25.1 Å². The number of carbonyl (C=O) groups is 1. The molecule has 0 aliphatic heterocycles. The highest BCUT2D eigenvalue weighted by Crippen LogP contribution is 2.20. The molecule has 1 N–H and O–H groups in total. The maximum atomic E-state index is 11.3. The van der Waals surface area contributed by atoms with Crippen LogP contribution in [0.2, 0.25) is 0 Å². The number of aliphatic hydroxyl groups excluding tert-OH is 1. The maximum absolute atomic E-state index is 11.3. The van der Waals surface area contributed by atoms with Crippen LogP contribution in [0, 0.1) is 13.8 Å². The van der Waals surface area contributed by atoms with Gasteiger partial charge in [-0.25, -0.2) is 0 Å². The average Bonchev–Trinajstić information content (AvgIpc) is 2.28. The second kappa shape index (κ2) is 7.14. The SMILES string of the molecule is CCOC(=O)CC(O)CN(C)c1ccc(C)cc1C. The van der Waals surface area contributed by atoms with Crippen LogP contribution in [0.25, 0.3) is 0 Å². The number of hydrogen-bond donors (Lipinski definition) is 1. The zero-order valence-electron chi connectivity index (χ0n) is 12.1. The number of aliphatic hydroxyl groups is 1. The molecule has 19 heavy (non-hydrogen) atoms. The summed E-state index contributed by atoms with van der Waals surface area (Å²) < 4.78 is 4.82. The number of carbonyl (C=O) groups excluding carboxylic acids is 1. The first kappa shape index (κ1) is 15.5. The summed E-state index contributed by atoms with van der Waals surface area (Å²) in [5.74, 6) is -0.357. The Morgan fingerprint density at radius 3 is 2.68 bits per heavy atom. The lowest BCUT2D eigenvalue weighted by Gasteiger charge is -2.24. The van der Waals surface area contributed by atoms with Gasteiger partial charge in [0.05, 0.1) is 19.1 Å². The first-order valence-electron chi connectivity index (χ1n) is 6.56. The third kappa shape index (κ3) is 4.91. The molecule has 0 amide bonds. The number of hydrogen-bond acceptors (Lipinski definition) is 4. The normalized spacial score (nSPS) is 12.1. The van der Waals surface area contributed by atoms with Crippen LogP contribution in [-0.4, -0.2) is 37.4 Å². The third-order valence-electron chi connectivity index (χ3n) is 2.96. The summed E-state index contributed by atoms with van der Waals surface area (Å²) in [7, 11) is 1.91. The van der Waals surface area contributed by atoms with Crippen molar-refractivity contribution in [2.45, 2.75) is 33.3 Å². The van der Waals surface area contributed by atoms with E-state index in [2.05, 4.69) is 6.07 Å². The van der Waals surface area contributed by atoms with Gasteiger partial charge in [0, 0.05) is 19.3 Å². The highest BCUT2D eigenvalue weighted by molar-refractivity contribution is 5.70. The molecule has 0 bridgehead atoms. The van der Waals surface area contributed by atoms with E-state index in [-0.39, 0.29) is 12.4 Å². The first-order chi connectivity index (χ1) is 8.93. The minimum absolute atomic E-state index is 0.0308. The van der Waals surface area contributed by atoms with Crippen molar-refractivity contribution in [1.29, 1.82) is 0 Å². The van der Waals surface area contributed by atoms with Gasteiger partial charge in [0.15, 0.2) is 0 Å². The summed E-state index contributed by atoms with van der Waals surface area (Å²) in [6, 6.07) is 6.17. The fourth-order valence-electron chi connectivity index (χ4n) is 2.13. The van der Waals surface area contributed by atoms with Gasteiger partial charge in [0.2, 0.25) is 0 Å². The van der Waals surface area contributed by atoms with E-state index in [1.165, 1.54) is 5.56 Å². The van der Waals surface area contributed by atoms with E-state index in [1.54, 1.807) is 6.92 Å². The van der Waals surface area contributed by atoms with Gasteiger partial charge in [-0.05, 0) is 32.4 Å². The van der Waals surface area contributed by atoms with Crippen LogP contribution in [-0.2, 0) is 9.53 Å². The highest BCUT2D eigenvalue weighted by atomic mass is 16.5. The van der Waals surface area contributed by atoms with Crippen molar-refractivity contribution in [3.63, 3.8) is 0 Å². The second-order valence-electron chi connectivity index (χ2n) is 4.83. The molecule has 0 heterocycles. The maximum Gasteiger partial charge on any atom is 0.308 e. The molecule has 0 spiro atoms. The molecule has 0 radical (unpaired) electrons. The van der Waals surface area contributed by atoms with E-state index in [4.69, 9.17) is 4.74 Å². The van der Waals surface area contributed by atoms with Crippen LogP contribution in [0.3, 0.4) is 0 Å². The summed E-state index contributed by atoms with van der Waals surface area (Å²) in [6.07, 6.45) is -0.687. The van der Waals surface area contributed by atoms with Gasteiger partial charge < -0.3 is 14.7 Å². The van der Waals surface area contributed by atoms with Gasteiger partial charge in [-0.1, -0.05) is 17.7 Å². The van der Waals surface area contributed by atoms with E-state index < -0.39 is 6.10 Å². The number of aryl methyl sites for hydroxylation is 2. The van der Waals surface area contributed by atoms with Crippen molar-refractivity contribution in [3.05, 3.63) is 29.3 Å². The molecule has 0 saturated carbocycles. The zero-order valence-corrected chi connectivity index (χ0v) is 12.1. The quantitative estimate of drug-likeness (QED) is 0.800. The number of likely N-dealkylation sites (N-methyl/N-ethyl adjacent to an activating group) is 1. The van der Waals surface area contributed by atoms with Gasteiger partial charge in [0.25, 0.3) is 0 Å². The predicted molar refractivity (Wildman–Crippen MR) is 76.4 cm³/mol. The number of esters is 1. The van der Waals surface area contributed by atoms with Gasteiger partial charge in [0.1, 0.15) is 0 Å². The summed E-state index contributed by atoms with van der Waals surface area (Å²) >= 11 is 0. The minimum atomic E-state index is -0.718. The van der Waals surface area contributed by atoms with Crippen LogP contribution in [0.4, 0.5) is 5.69 Å². The smallest absolute Gasteiger partial charge is 0.308 e. The Balaban J connectivity index is 2.58. The number of anilines is 1. The fourth-order valence-corrected chi connectivity index (χ4v) is 2.13. The summed E-state index contributed by atoms with van der Waals surface area (Å²) in [5.41, 5.74) is 3.43. The molecule has 0 saturated heterocycles. The Bertz CT molecular complexity index is 431. The lowest BCUT2D eigenvalue weighted by Crippen LogP contribution is -2.31. The molecule has 106 valence electrons. The van der Waals surface area contributed by atoms with Crippen LogP contribution in [0.5, 0.6) is 0 Å². The van der Waals surface area contributed by atoms with Crippen molar-refractivity contribution in [2.24, 2.45) is 0 Å². The monoisotopic (exact) mass is 265 g/mol. The minimum Gasteiger partial charge on any atom is -0.466 e.